The van der Waals surface area contributed by atoms with Crippen LogP contribution in [0.2, 0.25) is 0 Å². The Morgan fingerprint density at radius 2 is 0.812 bits per heavy atom. The summed E-state index contributed by atoms with van der Waals surface area (Å²) >= 11 is 0. The first kappa shape index (κ1) is 44.9. The van der Waals surface area contributed by atoms with Crippen molar-refractivity contribution in [1.29, 1.82) is 0 Å². The Morgan fingerprint density at radius 1 is 0.542 bits per heavy atom. The first-order valence-electron chi connectivity index (χ1n) is 13.5. The van der Waals surface area contributed by atoms with Gasteiger partial charge in [-0.05, 0) is 73.5 Å². The average molecular weight is 748 g/mol. The molecule has 0 aliphatic rings. The van der Waals surface area contributed by atoms with Gasteiger partial charge in [0.05, 0.1) is 11.4 Å². The van der Waals surface area contributed by atoms with Crippen molar-refractivity contribution in [3.8, 4) is 0 Å². The maximum absolute atomic E-state index is 12.0. The summed E-state index contributed by atoms with van der Waals surface area (Å²) in [6.45, 7) is 1.95. The molecule has 48 heavy (non-hydrogen) atoms. The number of hydrogen-bond acceptors (Lipinski definition) is 12. The van der Waals surface area contributed by atoms with Gasteiger partial charge in [0.2, 0.25) is 0 Å². The molecule has 0 heterocycles. The van der Waals surface area contributed by atoms with Gasteiger partial charge in [-0.15, -0.1) is 0 Å². The second kappa shape index (κ2) is 25.0. The van der Waals surface area contributed by atoms with Gasteiger partial charge in [-0.2, -0.15) is 0 Å². The molecule has 0 fully saturated rings. The van der Waals surface area contributed by atoms with Crippen LogP contribution in [0, 0.1) is 0 Å². The molecule has 0 saturated carbocycles. The molecule has 0 saturated heterocycles. The summed E-state index contributed by atoms with van der Waals surface area (Å²) in [5.41, 5.74) is 3.83. The van der Waals surface area contributed by atoms with Gasteiger partial charge in [0.15, 0.2) is 0 Å². The van der Waals surface area contributed by atoms with E-state index in [1.807, 2.05) is 24.3 Å². The predicted molar refractivity (Wildman–Crippen MR) is 159 cm³/mol. The standard InChI is InChI=1S/C28H26N4O6.2C2H4O2.2Ni/c33-25(34)13-15-29-27(37)21-5-9-23(10-6-21)31-17-19-1-2-20(4-3-19)18-32-24-11-7-22(8-12-24)28(38)30-16-14-26(35)36;2*1-2(3)4;;/h1-12,17-18H,13-16H2,(H,29,37)(H,30,38)(H,33,34)(H,35,36);2*1H3,(H,3,4);;/q;;;2*+2/p-4. The van der Waals surface area contributed by atoms with Crippen molar-refractivity contribution in [2.24, 2.45) is 9.98 Å². The van der Waals surface area contributed by atoms with Crippen molar-refractivity contribution in [3.63, 3.8) is 0 Å². The minimum absolute atomic E-state index is 0. The molecule has 0 aromatic heterocycles. The molecule has 3 rings (SSSR count). The molecule has 3 aromatic rings. The van der Waals surface area contributed by atoms with Crippen molar-refractivity contribution in [3.05, 3.63) is 95.1 Å². The van der Waals surface area contributed by atoms with Gasteiger partial charge in [-0.1, -0.05) is 24.3 Å². The zero-order valence-electron chi connectivity index (χ0n) is 25.5. The van der Waals surface area contributed by atoms with E-state index in [2.05, 4.69) is 20.6 Å². The number of carboxylic acids is 4. The summed E-state index contributed by atoms with van der Waals surface area (Å²) < 4.78 is 0. The first-order chi connectivity index (χ1) is 21.8. The summed E-state index contributed by atoms with van der Waals surface area (Å²) in [6, 6.07) is 20.7. The normalized spacial score (nSPS) is 9.71. The predicted octanol–water partition coefficient (Wildman–Crippen LogP) is -1.57. The van der Waals surface area contributed by atoms with E-state index in [0.717, 1.165) is 25.0 Å². The van der Waals surface area contributed by atoms with Crippen molar-refractivity contribution in [2.75, 3.05) is 13.1 Å². The monoisotopic (exact) mass is 746 g/mol. The molecule has 0 aliphatic carbocycles. The van der Waals surface area contributed by atoms with Crippen LogP contribution in [0.1, 0.15) is 58.5 Å². The molecule has 0 bridgehead atoms. The molecular formula is C32H30N4Ni2O10. The average Bonchev–Trinajstić information content (AvgIpc) is 2.99. The smallest absolute Gasteiger partial charge is 0.550 e. The third-order valence-corrected chi connectivity index (χ3v) is 5.15. The summed E-state index contributed by atoms with van der Waals surface area (Å²) in [5.74, 6) is -5.35. The quantitative estimate of drug-likeness (QED) is 0.159. The van der Waals surface area contributed by atoms with Crippen molar-refractivity contribution in [1.82, 2.24) is 10.6 Å². The van der Waals surface area contributed by atoms with E-state index in [9.17, 15) is 29.4 Å². The summed E-state index contributed by atoms with van der Waals surface area (Å²) in [4.78, 5) is 71.4. The van der Waals surface area contributed by atoms with E-state index in [4.69, 9.17) is 19.8 Å². The Kier molecular flexibility index (Phi) is 23.4. The third kappa shape index (κ3) is 21.5. The Labute approximate surface area is 296 Å². The van der Waals surface area contributed by atoms with Crippen LogP contribution in [0.15, 0.2) is 82.8 Å². The fourth-order valence-corrected chi connectivity index (χ4v) is 3.12. The van der Waals surface area contributed by atoms with E-state index >= 15 is 0 Å². The SMILES string of the molecule is CC(=O)[O-].CC(=O)[O-].O=C([O-])CCNC(=O)c1ccc(N=Cc2ccc(C=Nc3ccc(C(=O)NCCC(=O)[O-])cc3)cc2)cc1.[Ni+2].[Ni+2]. The number of aliphatic imine (C=N–C) groups is 2. The fraction of sp³-hybridized carbons (Fsp3) is 0.188. The number of benzene rings is 3. The van der Waals surface area contributed by atoms with Crippen molar-refractivity contribution < 1.29 is 82.2 Å². The fourth-order valence-electron chi connectivity index (χ4n) is 3.12. The van der Waals surface area contributed by atoms with Crippen LogP contribution in [0.4, 0.5) is 11.4 Å². The van der Waals surface area contributed by atoms with Crippen LogP contribution in [-0.2, 0) is 52.2 Å². The third-order valence-electron chi connectivity index (χ3n) is 5.15. The van der Waals surface area contributed by atoms with E-state index in [0.29, 0.717) is 22.5 Å². The molecule has 0 unspecified atom stereocenters. The van der Waals surface area contributed by atoms with Gasteiger partial charge in [-0.25, -0.2) is 0 Å². The van der Waals surface area contributed by atoms with E-state index in [1.54, 1.807) is 61.0 Å². The second-order valence-corrected chi connectivity index (χ2v) is 9.02. The van der Waals surface area contributed by atoms with E-state index < -0.39 is 23.9 Å². The molecule has 0 spiro atoms. The minimum Gasteiger partial charge on any atom is -0.550 e. The largest absolute Gasteiger partial charge is 2.00 e. The topological polar surface area (TPSA) is 243 Å². The Bertz CT molecular complexity index is 1420. The summed E-state index contributed by atoms with van der Waals surface area (Å²) in [5, 5.41) is 43.6. The molecule has 3 aromatic carbocycles. The molecular weight excluding hydrogens is 718 g/mol. The first-order valence-corrected chi connectivity index (χ1v) is 13.5. The molecule has 14 nitrogen and oxygen atoms in total. The number of carbonyl (C=O) groups is 6. The van der Waals surface area contributed by atoms with Crippen LogP contribution in [0.3, 0.4) is 0 Å². The number of carboxylic acid groups (broad SMARTS) is 4. The van der Waals surface area contributed by atoms with Crippen molar-refractivity contribution in [2.45, 2.75) is 26.7 Å². The number of amides is 2. The van der Waals surface area contributed by atoms with Gasteiger partial charge in [0.1, 0.15) is 0 Å². The molecule has 16 heteroatoms. The number of hydrogen-bond donors (Lipinski definition) is 2. The number of nitrogens with one attached hydrogen (secondary N) is 2. The number of aliphatic carboxylic acids is 4. The molecule has 2 amide bonds. The number of rotatable bonds is 12. The zero-order valence-corrected chi connectivity index (χ0v) is 27.5. The van der Waals surface area contributed by atoms with Crippen LogP contribution in [-0.4, -0.2) is 61.2 Å². The van der Waals surface area contributed by atoms with Crippen LogP contribution < -0.4 is 31.1 Å². The maximum Gasteiger partial charge on any atom is 2.00 e. The Morgan fingerprint density at radius 3 is 1.06 bits per heavy atom. The van der Waals surface area contributed by atoms with Gasteiger partial charge in [0.25, 0.3) is 11.8 Å². The van der Waals surface area contributed by atoms with Gasteiger partial charge < -0.3 is 50.2 Å². The molecule has 0 atom stereocenters. The maximum atomic E-state index is 12.0. The molecule has 0 radical (unpaired) electrons. The number of carbonyl (C=O) groups excluding carboxylic acids is 6. The van der Waals surface area contributed by atoms with Crippen molar-refractivity contribution >= 4 is 59.5 Å². The van der Waals surface area contributed by atoms with Gasteiger partial charge >= 0.3 is 33.0 Å². The van der Waals surface area contributed by atoms with Gasteiger partial charge in [0, 0.05) is 73.4 Å². The summed E-state index contributed by atoms with van der Waals surface area (Å²) in [7, 11) is 0. The Balaban J connectivity index is 0. The zero-order chi connectivity index (χ0) is 34.5. The molecule has 2 N–H and O–H groups in total. The van der Waals surface area contributed by atoms with Crippen LogP contribution >= 0.6 is 0 Å². The Hall–Kier alpha value is -5.19. The summed E-state index contributed by atoms with van der Waals surface area (Å²) in [6.07, 6.45) is 2.88. The molecule has 258 valence electrons. The van der Waals surface area contributed by atoms with Crippen LogP contribution in [0.25, 0.3) is 0 Å². The van der Waals surface area contributed by atoms with E-state index in [1.165, 1.54) is 0 Å². The van der Waals surface area contributed by atoms with Crippen LogP contribution in [0.5, 0.6) is 0 Å². The minimum atomic E-state index is -1.22. The van der Waals surface area contributed by atoms with E-state index in [-0.39, 0.29) is 70.7 Å². The number of nitrogens with zero attached hydrogens (tertiary/aromatic N) is 2. The van der Waals surface area contributed by atoms with Gasteiger partial charge in [-0.3, -0.25) is 19.6 Å². The molecule has 0 aliphatic heterocycles. The second-order valence-electron chi connectivity index (χ2n) is 9.02.